The molecule has 0 aliphatic heterocycles. The van der Waals surface area contributed by atoms with Gasteiger partial charge in [0, 0.05) is 32.2 Å². The zero-order chi connectivity index (χ0) is 32.4. The van der Waals surface area contributed by atoms with Crippen LogP contribution in [-0.4, -0.2) is 96.2 Å². The van der Waals surface area contributed by atoms with Gasteiger partial charge in [0.1, 0.15) is 5.75 Å². The summed E-state index contributed by atoms with van der Waals surface area (Å²) in [6, 6.07) is 5.31. The Balaban J connectivity index is 1.57. The predicted octanol–water partition coefficient (Wildman–Crippen LogP) is 0.259. The zero-order valence-electron chi connectivity index (χ0n) is 25.1. The molecule has 6 atom stereocenters. The number of nitrogens with zero attached hydrogens (tertiary/aromatic N) is 2. The van der Waals surface area contributed by atoms with Gasteiger partial charge in [0.2, 0.25) is 5.91 Å². The summed E-state index contributed by atoms with van der Waals surface area (Å²) in [7, 11) is 8.05. The van der Waals surface area contributed by atoms with E-state index in [1.54, 1.807) is 51.3 Å². The number of carbonyl (C=O) groups is 5. The van der Waals surface area contributed by atoms with Crippen molar-refractivity contribution in [3.8, 4) is 17.2 Å². The monoisotopic (exact) mass is 608 g/mol. The van der Waals surface area contributed by atoms with Crippen LogP contribution in [0.5, 0.6) is 17.2 Å². The molecule has 6 N–H and O–H groups in total. The van der Waals surface area contributed by atoms with Crippen molar-refractivity contribution in [2.24, 2.45) is 29.4 Å². The van der Waals surface area contributed by atoms with Gasteiger partial charge in [-0.15, -0.1) is 0 Å². The Morgan fingerprint density at radius 3 is 2.34 bits per heavy atom. The molecule has 2 unspecified atom stereocenters. The molecule has 13 nitrogen and oxygen atoms in total. The van der Waals surface area contributed by atoms with Gasteiger partial charge < -0.3 is 36.0 Å². The third-order valence-electron chi connectivity index (χ3n) is 9.25. The number of nitrogens with two attached hydrogens (primary N) is 1. The molecule has 0 spiro atoms. The van der Waals surface area contributed by atoms with Crippen LogP contribution in [0.25, 0.3) is 0 Å². The number of carbonyl (C=O) groups excluding carboxylic acids is 5. The highest BCUT2D eigenvalue weighted by molar-refractivity contribution is 6.32. The SMILES string of the molecule is COc1ccc(CNc2cc(N(C)C)c3c(c2O)C(=O)C2C(=O)[C@@]4(O)C(=O)C(C(N)=O)C(=O)[C@@H](N(C)C)[C@@H]4C[C@@H]2C3)cc1O. The summed E-state index contributed by atoms with van der Waals surface area (Å²) in [5.41, 5.74) is 4.42. The number of fused-ring (bicyclic) bond motifs is 3. The number of amides is 1. The van der Waals surface area contributed by atoms with E-state index in [-0.39, 0.29) is 36.4 Å². The van der Waals surface area contributed by atoms with Crippen molar-refractivity contribution in [3.63, 3.8) is 0 Å². The lowest BCUT2D eigenvalue weighted by atomic mass is 9.52. The Hall–Kier alpha value is -4.49. The number of hydrogen-bond donors (Lipinski definition) is 5. The molecule has 5 rings (SSSR count). The first-order chi connectivity index (χ1) is 20.6. The van der Waals surface area contributed by atoms with E-state index in [1.807, 2.05) is 0 Å². The maximum Gasteiger partial charge on any atom is 0.235 e. The van der Waals surface area contributed by atoms with E-state index >= 15 is 0 Å². The normalized spacial score (nSPS) is 27.8. The molecule has 0 heterocycles. The van der Waals surface area contributed by atoms with Gasteiger partial charge in [-0.1, -0.05) is 6.07 Å². The summed E-state index contributed by atoms with van der Waals surface area (Å²) in [4.78, 5) is 70.4. The van der Waals surface area contributed by atoms with Crippen LogP contribution >= 0.6 is 0 Å². The van der Waals surface area contributed by atoms with Crippen molar-refractivity contribution in [2.45, 2.75) is 31.0 Å². The molecule has 234 valence electrons. The number of hydrogen-bond acceptors (Lipinski definition) is 12. The van der Waals surface area contributed by atoms with E-state index in [2.05, 4.69) is 5.32 Å². The molecular weight excluding hydrogens is 572 g/mol. The van der Waals surface area contributed by atoms with Crippen LogP contribution in [0.3, 0.4) is 0 Å². The number of phenolic OH excluding ortho intramolecular Hbond substituents is 2. The smallest absolute Gasteiger partial charge is 0.235 e. The molecule has 1 amide bonds. The predicted molar refractivity (Wildman–Crippen MR) is 158 cm³/mol. The van der Waals surface area contributed by atoms with Crippen LogP contribution in [0.2, 0.25) is 0 Å². The van der Waals surface area contributed by atoms with Crippen LogP contribution in [-0.2, 0) is 32.1 Å². The van der Waals surface area contributed by atoms with Crippen molar-refractivity contribution in [2.75, 3.05) is 45.5 Å². The Labute approximate surface area is 253 Å². The summed E-state index contributed by atoms with van der Waals surface area (Å²) in [6.07, 6.45) is 0.123. The second kappa shape index (κ2) is 10.9. The molecule has 2 aromatic carbocycles. The van der Waals surface area contributed by atoms with E-state index in [9.17, 15) is 39.3 Å². The maximum absolute atomic E-state index is 14.2. The number of nitrogens with one attached hydrogen (secondary N) is 1. The maximum atomic E-state index is 14.2. The zero-order valence-corrected chi connectivity index (χ0v) is 25.1. The highest BCUT2D eigenvalue weighted by Gasteiger charge is 2.69. The molecule has 2 fully saturated rings. The third kappa shape index (κ3) is 4.49. The van der Waals surface area contributed by atoms with Crippen molar-refractivity contribution >= 4 is 40.4 Å². The van der Waals surface area contributed by atoms with Crippen molar-refractivity contribution in [3.05, 3.63) is 41.0 Å². The fraction of sp³-hybridized carbons (Fsp3) is 0.452. The average molecular weight is 609 g/mol. The van der Waals surface area contributed by atoms with Gasteiger partial charge in [0.15, 0.2) is 46.2 Å². The summed E-state index contributed by atoms with van der Waals surface area (Å²) in [5, 5.41) is 36.4. The first-order valence-electron chi connectivity index (χ1n) is 14.2. The molecule has 3 aliphatic rings. The summed E-state index contributed by atoms with van der Waals surface area (Å²) in [6.45, 7) is 0.153. The number of aromatic hydroxyl groups is 2. The molecule has 0 aromatic heterocycles. The number of ketones is 4. The summed E-state index contributed by atoms with van der Waals surface area (Å²) < 4.78 is 5.08. The van der Waals surface area contributed by atoms with Crippen LogP contribution in [0, 0.1) is 23.7 Å². The van der Waals surface area contributed by atoms with Gasteiger partial charge in [-0.25, -0.2) is 0 Å². The number of methoxy groups -OCH3 is 1. The standard InChI is InChI=1S/C31H36N4O9/c1-34(2)18-11-17(33-12-13-6-7-20(44-5)19(36)8-13)25(37)22-15(18)9-14-10-16-24(35(3)4)27(39)23(30(32)42)29(41)31(16,43)28(40)21(14)26(22)38/h6-8,11,14,16,21,23-24,33,36-37,43H,9-10,12H2,1-5H3,(H2,32,42)/t14-,16-,21?,23?,24-,31+/m0/s1. The van der Waals surface area contributed by atoms with Gasteiger partial charge in [0.05, 0.1) is 30.3 Å². The van der Waals surface area contributed by atoms with Crippen molar-refractivity contribution in [1.29, 1.82) is 0 Å². The fourth-order valence-electron chi connectivity index (χ4n) is 7.23. The molecule has 2 aromatic rings. The lowest BCUT2D eigenvalue weighted by Gasteiger charge is -2.52. The molecule has 3 aliphatic carbocycles. The minimum atomic E-state index is -2.79. The van der Waals surface area contributed by atoms with E-state index < -0.39 is 70.1 Å². The number of ether oxygens (including phenoxy) is 1. The van der Waals surface area contributed by atoms with Gasteiger partial charge in [-0.2, -0.15) is 0 Å². The topological polar surface area (TPSA) is 200 Å². The van der Waals surface area contributed by atoms with Gasteiger partial charge >= 0.3 is 0 Å². The first-order valence-corrected chi connectivity index (χ1v) is 14.2. The number of Topliss-reactive ketones (excluding diaryl/α,β-unsaturated/α-hetero) is 4. The number of rotatable bonds is 7. The first kappa shape index (κ1) is 31.0. The van der Waals surface area contributed by atoms with Crippen molar-refractivity contribution < 1.29 is 44.0 Å². The van der Waals surface area contributed by atoms with Crippen LogP contribution in [0.1, 0.15) is 27.9 Å². The molecule has 2 saturated carbocycles. The summed E-state index contributed by atoms with van der Waals surface area (Å²) in [5.74, 6) is -10.8. The molecule has 44 heavy (non-hydrogen) atoms. The van der Waals surface area contributed by atoms with Crippen LogP contribution < -0.4 is 20.7 Å². The number of anilines is 2. The highest BCUT2D eigenvalue weighted by Crippen LogP contribution is 2.52. The Morgan fingerprint density at radius 2 is 1.77 bits per heavy atom. The quantitative estimate of drug-likeness (QED) is 0.212. The highest BCUT2D eigenvalue weighted by atomic mass is 16.5. The molecule has 0 bridgehead atoms. The second-order valence-corrected chi connectivity index (χ2v) is 12.2. The second-order valence-electron chi connectivity index (χ2n) is 12.2. The van der Waals surface area contributed by atoms with E-state index in [1.165, 1.54) is 18.1 Å². The van der Waals surface area contributed by atoms with Gasteiger partial charge in [-0.05, 0) is 62.2 Å². The summed E-state index contributed by atoms with van der Waals surface area (Å²) >= 11 is 0. The Kier molecular flexibility index (Phi) is 7.67. The molecular formula is C31H36N4O9. The minimum absolute atomic E-state index is 0.0293. The molecule has 0 radical (unpaired) electrons. The number of benzene rings is 2. The van der Waals surface area contributed by atoms with Gasteiger partial charge in [-0.3, -0.25) is 28.9 Å². The van der Waals surface area contributed by atoms with Crippen molar-refractivity contribution in [1.82, 2.24) is 4.90 Å². The van der Waals surface area contributed by atoms with Crippen LogP contribution in [0.4, 0.5) is 11.4 Å². The number of likely N-dealkylation sites (N-methyl/N-ethyl adjacent to an activating group) is 1. The average Bonchev–Trinajstić information content (AvgIpc) is 2.94. The van der Waals surface area contributed by atoms with E-state index in [0.717, 1.165) is 0 Å². The fourth-order valence-corrected chi connectivity index (χ4v) is 7.23. The van der Waals surface area contributed by atoms with Gasteiger partial charge in [0.25, 0.3) is 0 Å². The number of primary amides is 1. The number of phenols is 2. The molecule has 0 saturated heterocycles. The lowest BCUT2D eigenvalue weighted by molar-refractivity contribution is -0.181. The minimum Gasteiger partial charge on any atom is -0.505 e. The Bertz CT molecular complexity index is 1600. The third-order valence-corrected chi connectivity index (χ3v) is 9.25. The lowest BCUT2D eigenvalue weighted by Crippen LogP contribution is -2.74. The van der Waals surface area contributed by atoms with E-state index in [4.69, 9.17) is 10.5 Å². The van der Waals surface area contributed by atoms with Crippen LogP contribution in [0.15, 0.2) is 24.3 Å². The molecule has 13 heteroatoms. The number of aliphatic hydroxyl groups is 1. The largest absolute Gasteiger partial charge is 0.505 e. The Morgan fingerprint density at radius 1 is 1.09 bits per heavy atom. The van der Waals surface area contributed by atoms with E-state index in [0.29, 0.717) is 22.6 Å².